The molecule has 36 heavy (non-hydrogen) atoms. The molecule has 0 amide bonds. The molecular weight excluding hydrogens is 496 g/mol. The predicted octanol–water partition coefficient (Wildman–Crippen LogP) is 5.85. The van der Waals surface area contributed by atoms with E-state index in [9.17, 15) is 8.42 Å². The Balaban J connectivity index is 1.39. The molecular formula is C26H27ClN6O2S. The summed E-state index contributed by atoms with van der Waals surface area (Å²) >= 11 is 6.05. The van der Waals surface area contributed by atoms with Crippen molar-refractivity contribution in [3.05, 3.63) is 65.3 Å². The van der Waals surface area contributed by atoms with Gasteiger partial charge in [-0.3, -0.25) is 4.72 Å². The molecule has 2 N–H and O–H groups in total. The van der Waals surface area contributed by atoms with Crippen LogP contribution in [0.15, 0.2) is 59.6 Å². The second-order valence-electron chi connectivity index (χ2n) is 8.94. The number of hydrogen-bond donors (Lipinski definition) is 2. The molecule has 8 nitrogen and oxygen atoms in total. The van der Waals surface area contributed by atoms with Gasteiger partial charge >= 0.3 is 0 Å². The summed E-state index contributed by atoms with van der Waals surface area (Å²) in [6.07, 6.45) is 8.75. The predicted molar refractivity (Wildman–Crippen MR) is 143 cm³/mol. The molecule has 2 aromatic carbocycles. The minimum absolute atomic E-state index is 0.0167. The van der Waals surface area contributed by atoms with E-state index in [0.717, 1.165) is 41.3 Å². The average molecular weight is 523 g/mol. The summed E-state index contributed by atoms with van der Waals surface area (Å²) in [7, 11) is -3.88. The molecule has 0 spiro atoms. The standard InChI is InChI=1S/C26H27ClN6O2S/c1-2-17-14-18(15-19-16-28-26(30-25(17)19)29-20-8-4-3-5-9-20)22-12-13-24(32-31-22)33-36(34,35)23-11-7-6-10-21(23)27/h6-7,10-16,20H,2-5,8-9H2,1H3,(H,32,33)(H,28,29,30). The molecule has 4 aromatic rings. The Kier molecular flexibility index (Phi) is 7.02. The molecule has 1 saturated carbocycles. The maximum absolute atomic E-state index is 12.7. The molecule has 10 heteroatoms. The molecule has 0 unspecified atom stereocenters. The van der Waals surface area contributed by atoms with Crippen LogP contribution >= 0.6 is 11.6 Å². The lowest BCUT2D eigenvalue weighted by atomic mass is 9.96. The molecule has 0 saturated heterocycles. The fourth-order valence-electron chi connectivity index (χ4n) is 4.53. The van der Waals surface area contributed by atoms with Gasteiger partial charge in [-0.2, -0.15) is 0 Å². The third-order valence-electron chi connectivity index (χ3n) is 6.41. The zero-order valence-corrected chi connectivity index (χ0v) is 21.5. The Morgan fingerprint density at radius 1 is 1.03 bits per heavy atom. The van der Waals surface area contributed by atoms with Gasteiger partial charge in [0.15, 0.2) is 5.82 Å². The Bertz CT molecular complexity index is 1490. The summed E-state index contributed by atoms with van der Waals surface area (Å²) in [6, 6.07) is 14.0. The smallest absolute Gasteiger partial charge is 0.264 e. The number of halogens is 1. The highest BCUT2D eigenvalue weighted by Gasteiger charge is 2.19. The lowest BCUT2D eigenvalue weighted by molar-refractivity contribution is 0.461. The molecule has 0 radical (unpaired) electrons. The average Bonchev–Trinajstić information content (AvgIpc) is 2.89. The maximum Gasteiger partial charge on any atom is 0.264 e. The van der Waals surface area contributed by atoms with E-state index < -0.39 is 10.0 Å². The molecule has 2 aromatic heterocycles. The number of nitrogens with one attached hydrogen (secondary N) is 2. The van der Waals surface area contributed by atoms with Crippen molar-refractivity contribution in [1.82, 2.24) is 20.2 Å². The van der Waals surface area contributed by atoms with Crippen LogP contribution in [-0.2, 0) is 16.4 Å². The molecule has 1 aliphatic carbocycles. The van der Waals surface area contributed by atoms with E-state index in [0.29, 0.717) is 17.7 Å². The van der Waals surface area contributed by atoms with Gasteiger partial charge in [0.2, 0.25) is 5.95 Å². The molecule has 186 valence electrons. The summed E-state index contributed by atoms with van der Waals surface area (Å²) in [4.78, 5) is 9.36. The van der Waals surface area contributed by atoms with Crippen LogP contribution in [0.5, 0.6) is 0 Å². The second kappa shape index (κ2) is 10.4. The minimum atomic E-state index is -3.88. The van der Waals surface area contributed by atoms with Gasteiger partial charge in [-0.15, -0.1) is 10.2 Å². The molecule has 1 fully saturated rings. The maximum atomic E-state index is 12.7. The summed E-state index contributed by atoms with van der Waals surface area (Å²) < 4.78 is 27.8. The van der Waals surface area contributed by atoms with Crippen LogP contribution in [0.2, 0.25) is 5.02 Å². The van der Waals surface area contributed by atoms with Gasteiger partial charge in [0.1, 0.15) is 4.90 Å². The van der Waals surface area contributed by atoms with Gasteiger partial charge in [-0.05, 0) is 61.2 Å². The Hall–Kier alpha value is -3.30. The van der Waals surface area contributed by atoms with Crippen molar-refractivity contribution in [2.45, 2.75) is 56.4 Å². The van der Waals surface area contributed by atoms with Gasteiger partial charge < -0.3 is 5.32 Å². The number of sulfonamides is 1. The molecule has 0 atom stereocenters. The monoisotopic (exact) mass is 522 g/mol. The molecule has 0 bridgehead atoms. The summed E-state index contributed by atoms with van der Waals surface area (Å²) in [5, 5.41) is 12.9. The summed E-state index contributed by atoms with van der Waals surface area (Å²) in [5.41, 5.74) is 3.49. The van der Waals surface area contributed by atoms with Crippen molar-refractivity contribution in [3.8, 4) is 11.3 Å². The van der Waals surface area contributed by atoms with Crippen molar-refractivity contribution in [2.75, 3.05) is 10.0 Å². The van der Waals surface area contributed by atoms with Gasteiger partial charge in [-0.25, -0.2) is 18.4 Å². The number of hydrogen-bond acceptors (Lipinski definition) is 7. The van der Waals surface area contributed by atoms with Crippen LogP contribution in [-0.4, -0.2) is 34.6 Å². The molecule has 0 aliphatic heterocycles. The van der Waals surface area contributed by atoms with Crippen LogP contribution < -0.4 is 10.0 Å². The number of anilines is 2. The van der Waals surface area contributed by atoms with Gasteiger partial charge in [0.05, 0.1) is 16.2 Å². The molecule has 2 heterocycles. The quantitative estimate of drug-likeness (QED) is 0.313. The first-order valence-corrected chi connectivity index (χ1v) is 14.0. The van der Waals surface area contributed by atoms with E-state index in [1.165, 1.54) is 31.4 Å². The van der Waals surface area contributed by atoms with Crippen LogP contribution in [0.25, 0.3) is 22.2 Å². The normalized spacial score (nSPS) is 14.6. The number of benzene rings is 2. The Morgan fingerprint density at radius 2 is 1.83 bits per heavy atom. The fourth-order valence-corrected chi connectivity index (χ4v) is 6.05. The summed E-state index contributed by atoms with van der Waals surface area (Å²) in [6.45, 7) is 2.09. The first-order chi connectivity index (χ1) is 17.4. The number of rotatable bonds is 7. The Morgan fingerprint density at radius 3 is 2.56 bits per heavy atom. The van der Waals surface area contributed by atoms with E-state index in [-0.39, 0.29) is 15.7 Å². The first kappa shape index (κ1) is 24.4. The van der Waals surface area contributed by atoms with Crippen molar-refractivity contribution < 1.29 is 8.42 Å². The van der Waals surface area contributed by atoms with E-state index in [2.05, 4.69) is 38.2 Å². The van der Waals surface area contributed by atoms with E-state index in [1.807, 2.05) is 12.3 Å². The van der Waals surface area contributed by atoms with E-state index in [1.54, 1.807) is 24.3 Å². The highest BCUT2D eigenvalue weighted by molar-refractivity contribution is 7.92. The Labute approximate surface area is 215 Å². The molecule has 1 aliphatic rings. The van der Waals surface area contributed by atoms with Crippen LogP contribution in [0.4, 0.5) is 11.8 Å². The molecule has 5 rings (SSSR count). The largest absolute Gasteiger partial charge is 0.351 e. The third kappa shape index (κ3) is 5.27. The van der Waals surface area contributed by atoms with Gasteiger partial charge in [-0.1, -0.05) is 49.9 Å². The van der Waals surface area contributed by atoms with E-state index in [4.69, 9.17) is 16.6 Å². The van der Waals surface area contributed by atoms with Crippen LogP contribution in [0, 0.1) is 0 Å². The topological polar surface area (TPSA) is 110 Å². The number of aryl methyl sites for hydroxylation is 1. The van der Waals surface area contributed by atoms with Crippen molar-refractivity contribution in [1.29, 1.82) is 0 Å². The third-order valence-corrected chi connectivity index (χ3v) is 8.26. The SMILES string of the molecule is CCc1cc(-c2ccc(NS(=O)(=O)c3ccccc3Cl)nn2)cc2cnc(NC3CCCCC3)nc12. The number of fused-ring (bicyclic) bond motifs is 1. The lowest BCUT2D eigenvalue weighted by Crippen LogP contribution is -2.23. The van der Waals surface area contributed by atoms with Crippen molar-refractivity contribution in [2.24, 2.45) is 0 Å². The van der Waals surface area contributed by atoms with Crippen LogP contribution in [0.3, 0.4) is 0 Å². The van der Waals surface area contributed by atoms with Crippen molar-refractivity contribution in [3.63, 3.8) is 0 Å². The lowest BCUT2D eigenvalue weighted by Gasteiger charge is -2.22. The number of aromatic nitrogens is 4. The summed E-state index contributed by atoms with van der Waals surface area (Å²) in [5.74, 6) is 0.781. The zero-order valence-electron chi connectivity index (χ0n) is 19.9. The first-order valence-electron chi connectivity index (χ1n) is 12.1. The fraction of sp³-hybridized carbons (Fsp3) is 0.308. The second-order valence-corrected chi connectivity index (χ2v) is 11.0. The zero-order chi connectivity index (χ0) is 25.1. The van der Waals surface area contributed by atoms with Gasteiger partial charge in [0, 0.05) is 23.2 Å². The highest BCUT2D eigenvalue weighted by Crippen LogP contribution is 2.28. The van der Waals surface area contributed by atoms with E-state index >= 15 is 0 Å². The minimum Gasteiger partial charge on any atom is -0.351 e. The number of nitrogens with zero attached hydrogens (tertiary/aromatic N) is 4. The van der Waals surface area contributed by atoms with Gasteiger partial charge in [0.25, 0.3) is 10.0 Å². The van der Waals surface area contributed by atoms with Crippen LogP contribution in [0.1, 0.15) is 44.6 Å². The highest BCUT2D eigenvalue weighted by atomic mass is 35.5. The van der Waals surface area contributed by atoms with Crippen molar-refractivity contribution >= 4 is 44.3 Å².